The number of carbonyl (C=O) groups excluding carboxylic acids is 1. The van der Waals surface area contributed by atoms with Crippen LogP contribution < -0.4 is 10.6 Å². The van der Waals surface area contributed by atoms with Crippen LogP contribution in [0, 0.1) is 0 Å². The topological polar surface area (TPSA) is 78.4 Å². The molecule has 17 heavy (non-hydrogen) atoms. The normalized spacial score (nSPS) is 27.6. The van der Waals surface area contributed by atoms with E-state index < -0.39 is 12.1 Å². The molecule has 0 bridgehead atoms. The molecule has 0 aromatic carbocycles. The van der Waals surface area contributed by atoms with E-state index in [-0.39, 0.29) is 5.91 Å². The Bertz CT molecular complexity index is 306. The van der Waals surface area contributed by atoms with Crippen LogP contribution in [0.1, 0.15) is 19.3 Å². The lowest BCUT2D eigenvalue weighted by Gasteiger charge is -2.25. The Labute approximate surface area is 95.4 Å². The molecule has 0 aromatic heterocycles. The summed E-state index contributed by atoms with van der Waals surface area (Å²) in [5.41, 5.74) is 0. The summed E-state index contributed by atoms with van der Waals surface area (Å²) < 4.78 is 31.7. The summed E-state index contributed by atoms with van der Waals surface area (Å²) in [6.07, 6.45) is -2.25. The predicted molar refractivity (Wildman–Crippen MR) is 51.3 cm³/mol. The zero-order valence-corrected chi connectivity index (χ0v) is 8.88. The monoisotopic (exact) mass is 254 g/mol. The maximum absolute atomic E-state index is 10.9. The molecule has 5 nitrogen and oxygen atoms in total. The first-order valence-electron chi connectivity index (χ1n) is 5.13. The third-order valence-corrected chi connectivity index (χ3v) is 2.62. The van der Waals surface area contributed by atoms with Crippen molar-refractivity contribution in [3.63, 3.8) is 0 Å². The van der Waals surface area contributed by atoms with E-state index in [0.29, 0.717) is 18.5 Å². The van der Waals surface area contributed by atoms with Gasteiger partial charge in [-0.1, -0.05) is 0 Å². The summed E-state index contributed by atoms with van der Waals surface area (Å²) in [6, 6.07) is 0.999. The molecule has 1 amide bonds. The van der Waals surface area contributed by atoms with Crippen molar-refractivity contribution in [3.8, 4) is 0 Å². The minimum absolute atomic E-state index is 0.227. The molecule has 2 heterocycles. The molecule has 2 atom stereocenters. The predicted octanol–water partition coefficient (Wildman–Crippen LogP) is 0.260. The number of rotatable bonds is 0. The lowest BCUT2D eigenvalue weighted by molar-refractivity contribution is -0.192. The maximum Gasteiger partial charge on any atom is 0.490 e. The van der Waals surface area contributed by atoms with Gasteiger partial charge in [0, 0.05) is 18.5 Å². The van der Waals surface area contributed by atoms with Crippen LogP contribution in [0.15, 0.2) is 0 Å². The van der Waals surface area contributed by atoms with Crippen molar-refractivity contribution >= 4 is 11.9 Å². The summed E-state index contributed by atoms with van der Waals surface area (Å²) in [5.74, 6) is -2.53. The van der Waals surface area contributed by atoms with Crippen LogP contribution in [0.3, 0.4) is 0 Å². The molecule has 8 heteroatoms. The highest BCUT2D eigenvalue weighted by Gasteiger charge is 2.38. The van der Waals surface area contributed by atoms with Gasteiger partial charge in [-0.05, 0) is 19.4 Å². The van der Waals surface area contributed by atoms with Crippen molar-refractivity contribution in [3.05, 3.63) is 0 Å². The van der Waals surface area contributed by atoms with Crippen LogP contribution in [-0.2, 0) is 9.59 Å². The molecule has 0 aromatic rings. The van der Waals surface area contributed by atoms with Gasteiger partial charge in [-0.2, -0.15) is 13.2 Å². The lowest BCUT2D eigenvalue weighted by Crippen LogP contribution is -2.48. The Morgan fingerprint density at radius 1 is 1.29 bits per heavy atom. The number of aliphatic carboxylic acids is 1. The van der Waals surface area contributed by atoms with E-state index in [1.54, 1.807) is 0 Å². The molecule has 0 spiro atoms. The van der Waals surface area contributed by atoms with Crippen LogP contribution in [-0.4, -0.2) is 41.8 Å². The molecule has 98 valence electrons. The van der Waals surface area contributed by atoms with E-state index in [9.17, 15) is 18.0 Å². The van der Waals surface area contributed by atoms with Crippen molar-refractivity contribution in [1.82, 2.24) is 10.6 Å². The van der Waals surface area contributed by atoms with Crippen molar-refractivity contribution in [2.75, 3.05) is 6.54 Å². The second-order valence-corrected chi connectivity index (χ2v) is 3.86. The number of carboxylic acids is 1. The van der Waals surface area contributed by atoms with Gasteiger partial charge in [0.2, 0.25) is 5.91 Å². The van der Waals surface area contributed by atoms with E-state index >= 15 is 0 Å². The van der Waals surface area contributed by atoms with Gasteiger partial charge in [0.1, 0.15) is 0 Å². The first-order chi connectivity index (χ1) is 7.80. The lowest BCUT2D eigenvalue weighted by atomic mass is 10.00. The molecule has 2 rings (SSSR count). The van der Waals surface area contributed by atoms with Gasteiger partial charge >= 0.3 is 12.1 Å². The number of carboxylic acid groups (broad SMARTS) is 1. The zero-order chi connectivity index (χ0) is 13.1. The van der Waals surface area contributed by atoms with Crippen LogP contribution >= 0.6 is 0 Å². The Balaban J connectivity index is 0.000000185. The molecular weight excluding hydrogens is 241 g/mol. The second-order valence-electron chi connectivity index (χ2n) is 3.86. The van der Waals surface area contributed by atoms with Crippen LogP contribution in [0.4, 0.5) is 13.2 Å². The molecular formula is C9H13F3N2O3. The largest absolute Gasteiger partial charge is 0.490 e. The quantitative estimate of drug-likeness (QED) is 0.579. The number of hydrogen-bond donors (Lipinski definition) is 3. The number of fused-ring (bicyclic) bond motifs is 1. The van der Waals surface area contributed by atoms with Gasteiger partial charge in [-0.3, -0.25) is 4.79 Å². The number of amides is 1. The highest BCUT2D eigenvalue weighted by atomic mass is 19.4. The summed E-state index contributed by atoms with van der Waals surface area (Å²) in [7, 11) is 0. The van der Waals surface area contributed by atoms with Crippen molar-refractivity contribution in [1.29, 1.82) is 0 Å². The summed E-state index contributed by atoms with van der Waals surface area (Å²) in [4.78, 5) is 19.8. The fourth-order valence-corrected chi connectivity index (χ4v) is 1.81. The Hall–Kier alpha value is -1.31. The molecule has 2 aliphatic heterocycles. The first kappa shape index (κ1) is 13.8. The Morgan fingerprint density at radius 2 is 1.88 bits per heavy atom. The summed E-state index contributed by atoms with van der Waals surface area (Å²) >= 11 is 0. The van der Waals surface area contributed by atoms with Gasteiger partial charge in [-0.25, -0.2) is 4.79 Å². The van der Waals surface area contributed by atoms with E-state index in [1.165, 1.54) is 0 Å². The number of halogens is 3. The SMILES string of the molecule is O=C(O)C(F)(F)F.O=C1CC[C@@H]2NCC[C@@H]2N1. The van der Waals surface area contributed by atoms with Crippen molar-refractivity contribution in [2.24, 2.45) is 0 Å². The van der Waals surface area contributed by atoms with Crippen LogP contribution in [0.25, 0.3) is 0 Å². The highest BCUT2D eigenvalue weighted by molar-refractivity contribution is 5.77. The fraction of sp³-hybridized carbons (Fsp3) is 0.778. The number of nitrogens with one attached hydrogen (secondary N) is 2. The molecule has 0 saturated carbocycles. The number of piperidine rings is 1. The van der Waals surface area contributed by atoms with Gasteiger partial charge in [-0.15, -0.1) is 0 Å². The number of carbonyl (C=O) groups is 2. The molecule has 2 aliphatic rings. The smallest absolute Gasteiger partial charge is 0.475 e. The van der Waals surface area contributed by atoms with Gasteiger partial charge in [0.05, 0.1) is 0 Å². The molecule has 0 radical (unpaired) electrons. The second kappa shape index (κ2) is 5.35. The Kier molecular flexibility index (Phi) is 4.33. The average molecular weight is 254 g/mol. The molecule has 0 unspecified atom stereocenters. The summed E-state index contributed by atoms with van der Waals surface area (Å²) in [5, 5.41) is 13.5. The molecule has 2 saturated heterocycles. The minimum Gasteiger partial charge on any atom is -0.475 e. The molecule has 3 N–H and O–H groups in total. The van der Waals surface area contributed by atoms with E-state index in [0.717, 1.165) is 19.4 Å². The maximum atomic E-state index is 10.9. The van der Waals surface area contributed by atoms with Crippen LogP contribution in [0.5, 0.6) is 0 Å². The van der Waals surface area contributed by atoms with Crippen molar-refractivity contribution in [2.45, 2.75) is 37.5 Å². The third-order valence-electron chi connectivity index (χ3n) is 2.62. The van der Waals surface area contributed by atoms with E-state index in [2.05, 4.69) is 10.6 Å². The fourth-order valence-electron chi connectivity index (χ4n) is 1.81. The summed E-state index contributed by atoms with van der Waals surface area (Å²) in [6.45, 7) is 1.07. The first-order valence-corrected chi connectivity index (χ1v) is 5.13. The molecule has 0 aliphatic carbocycles. The van der Waals surface area contributed by atoms with Gasteiger partial charge < -0.3 is 15.7 Å². The van der Waals surface area contributed by atoms with Crippen LogP contribution in [0.2, 0.25) is 0 Å². The van der Waals surface area contributed by atoms with E-state index in [1.807, 2.05) is 0 Å². The van der Waals surface area contributed by atoms with E-state index in [4.69, 9.17) is 9.90 Å². The molecule has 2 fully saturated rings. The van der Waals surface area contributed by atoms with Gasteiger partial charge in [0.25, 0.3) is 0 Å². The standard InChI is InChI=1S/C7H12N2O.C2HF3O2/c10-7-2-1-5-6(9-7)3-4-8-5;3-2(4,5)1(6)7/h5-6,8H,1-4H2,(H,9,10);(H,6,7)/t5-,6-;/m0./s1. The number of hydrogen-bond acceptors (Lipinski definition) is 3. The van der Waals surface area contributed by atoms with Gasteiger partial charge in [0.15, 0.2) is 0 Å². The Morgan fingerprint density at radius 3 is 2.41 bits per heavy atom. The average Bonchev–Trinajstić information content (AvgIpc) is 2.63. The zero-order valence-electron chi connectivity index (χ0n) is 8.88. The van der Waals surface area contributed by atoms with Crippen molar-refractivity contribution < 1.29 is 27.9 Å². The highest BCUT2D eigenvalue weighted by Crippen LogP contribution is 2.16. The third kappa shape index (κ3) is 4.22. The number of alkyl halides is 3. The minimum atomic E-state index is -5.08.